The van der Waals surface area contributed by atoms with Gasteiger partial charge < -0.3 is 5.32 Å². The Bertz CT molecular complexity index is 423. The average Bonchev–Trinajstić information content (AvgIpc) is 3.11. The highest BCUT2D eigenvalue weighted by atomic mass is 16.1. The lowest BCUT2D eigenvalue weighted by atomic mass is 9.86. The van der Waals surface area contributed by atoms with E-state index in [1.807, 2.05) is 12.1 Å². The lowest BCUT2D eigenvalue weighted by molar-refractivity contribution is 0.0936. The zero-order valence-corrected chi connectivity index (χ0v) is 11.8. The van der Waals surface area contributed by atoms with Gasteiger partial charge in [0.25, 0.3) is 5.91 Å². The van der Waals surface area contributed by atoms with Gasteiger partial charge in [0.05, 0.1) is 0 Å². The summed E-state index contributed by atoms with van der Waals surface area (Å²) in [6.07, 6.45) is 2.51. The molecule has 0 aliphatic heterocycles. The first-order valence-corrected chi connectivity index (χ1v) is 6.79. The number of rotatable bonds is 3. The highest BCUT2D eigenvalue weighted by Crippen LogP contribution is 2.32. The fourth-order valence-electron chi connectivity index (χ4n) is 2.13. The van der Waals surface area contributed by atoms with E-state index in [9.17, 15) is 4.79 Å². The molecule has 0 unspecified atom stereocenters. The van der Waals surface area contributed by atoms with Crippen molar-refractivity contribution >= 4 is 5.91 Å². The van der Waals surface area contributed by atoms with Gasteiger partial charge in [-0.2, -0.15) is 0 Å². The minimum absolute atomic E-state index is 0.0508. The maximum atomic E-state index is 12.0. The van der Waals surface area contributed by atoms with Gasteiger partial charge in [0.15, 0.2) is 0 Å². The van der Waals surface area contributed by atoms with Crippen molar-refractivity contribution in [1.29, 1.82) is 0 Å². The Morgan fingerprint density at radius 1 is 1.22 bits per heavy atom. The maximum Gasteiger partial charge on any atom is 0.251 e. The molecule has 1 aliphatic rings. The smallest absolute Gasteiger partial charge is 0.251 e. The van der Waals surface area contributed by atoms with Crippen molar-refractivity contribution in [2.75, 3.05) is 0 Å². The van der Waals surface area contributed by atoms with Gasteiger partial charge in [-0.25, -0.2) is 0 Å². The predicted molar refractivity (Wildman–Crippen MR) is 74.8 cm³/mol. The van der Waals surface area contributed by atoms with Crippen LogP contribution in [-0.4, -0.2) is 11.9 Å². The molecule has 2 nitrogen and oxygen atoms in total. The molecule has 2 rings (SSSR count). The van der Waals surface area contributed by atoms with Crippen LogP contribution in [0.25, 0.3) is 0 Å². The van der Waals surface area contributed by atoms with E-state index in [-0.39, 0.29) is 11.3 Å². The number of nitrogens with one attached hydrogen (secondary N) is 1. The van der Waals surface area contributed by atoms with Gasteiger partial charge in [-0.15, -0.1) is 0 Å². The molecule has 0 bridgehead atoms. The van der Waals surface area contributed by atoms with Crippen LogP contribution in [0.15, 0.2) is 24.3 Å². The highest BCUT2D eigenvalue weighted by molar-refractivity contribution is 5.94. The molecule has 1 amide bonds. The summed E-state index contributed by atoms with van der Waals surface area (Å²) in [6.45, 7) is 8.63. The molecular weight excluding hydrogens is 222 g/mol. The molecule has 0 saturated heterocycles. The number of hydrogen-bond acceptors (Lipinski definition) is 1. The zero-order valence-electron chi connectivity index (χ0n) is 11.8. The van der Waals surface area contributed by atoms with Crippen LogP contribution in [0.2, 0.25) is 0 Å². The van der Waals surface area contributed by atoms with Crippen molar-refractivity contribution in [1.82, 2.24) is 5.32 Å². The van der Waals surface area contributed by atoms with E-state index >= 15 is 0 Å². The monoisotopic (exact) mass is 245 g/mol. The average molecular weight is 245 g/mol. The van der Waals surface area contributed by atoms with Crippen molar-refractivity contribution in [2.24, 2.45) is 5.92 Å². The zero-order chi connectivity index (χ0) is 13.3. The van der Waals surface area contributed by atoms with Gasteiger partial charge in [-0.05, 0) is 48.8 Å². The van der Waals surface area contributed by atoms with E-state index in [0.717, 1.165) is 5.56 Å². The SMILES string of the molecule is C[C@H](NC(=O)c1ccc(C(C)(C)C)cc1)C1CC1. The molecule has 0 radical (unpaired) electrons. The topological polar surface area (TPSA) is 29.1 Å². The van der Waals surface area contributed by atoms with Gasteiger partial charge in [-0.3, -0.25) is 4.79 Å². The summed E-state index contributed by atoms with van der Waals surface area (Å²) in [5, 5.41) is 3.08. The Labute approximate surface area is 110 Å². The van der Waals surface area contributed by atoms with Crippen LogP contribution in [-0.2, 0) is 5.41 Å². The molecule has 0 spiro atoms. The van der Waals surface area contributed by atoms with Crippen LogP contribution in [0.3, 0.4) is 0 Å². The maximum absolute atomic E-state index is 12.0. The van der Waals surface area contributed by atoms with E-state index in [1.165, 1.54) is 18.4 Å². The number of amides is 1. The van der Waals surface area contributed by atoms with Gasteiger partial charge >= 0.3 is 0 Å². The third-order valence-corrected chi connectivity index (χ3v) is 3.70. The van der Waals surface area contributed by atoms with Crippen molar-refractivity contribution in [3.63, 3.8) is 0 Å². The van der Waals surface area contributed by atoms with Crippen molar-refractivity contribution in [3.05, 3.63) is 35.4 Å². The quantitative estimate of drug-likeness (QED) is 0.867. The second kappa shape index (κ2) is 4.75. The second-order valence-corrected chi connectivity index (χ2v) is 6.43. The summed E-state index contributed by atoms with van der Waals surface area (Å²) < 4.78 is 0. The predicted octanol–water partition coefficient (Wildman–Crippen LogP) is 3.51. The third-order valence-electron chi connectivity index (χ3n) is 3.70. The molecule has 1 aromatic carbocycles. The van der Waals surface area contributed by atoms with E-state index in [2.05, 4.69) is 45.1 Å². The van der Waals surface area contributed by atoms with E-state index in [0.29, 0.717) is 12.0 Å². The molecule has 1 aromatic rings. The van der Waals surface area contributed by atoms with Gasteiger partial charge in [-0.1, -0.05) is 32.9 Å². The largest absolute Gasteiger partial charge is 0.349 e. The molecule has 1 aliphatic carbocycles. The van der Waals surface area contributed by atoms with Crippen LogP contribution < -0.4 is 5.32 Å². The van der Waals surface area contributed by atoms with Crippen LogP contribution >= 0.6 is 0 Å². The summed E-state index contributed by atoms with van der Waals surface area (Å²) in [5.41, 5.74) is 2.15. The first-order chi connectivity index (χ1) is 8.38. The van der Waals surface area contributed by atoms with Gasteiger partial charge in [0.2, 0.25) is 0 Å². The normalized spacial score (nSPS) is 17.3. The molecule has 1 fully saturated rings. The Hall–Kier alpha value is -1.31. The van der Waals surface area contributed by atoms with Crippen LogP contribution in [0.1, 0.15) is 56.5 Å². The molecule has 0 aromatic heterocycles. The molecule has 0 heterocycles. The Morgan fingerprint density at radius 2 is 1.78 bits per heavy atom. The first kappa shape index (κ1) is 13.1. The molecule has 1 saturated carbocycles. The summed E-state index contributed by atoms with van der Waals surface area (Å²) in [7, 11) is 0. The standard InChI is InChI=1S/C16H23NO/c1-11(12-5-6-12)17-15(18)13-7-9-14(10-8-13)16(2,3)4/h7-12H,5-6H2,1-4H3,(H,17,18)/t11-/m0/s1. The minimum Gasteiger partial charge on any atom is -0.349 e. The van der Waals surface area contributed by atoms with E-state index < -0.39 is 0 Å². The molecule has 2 heteroatoms. The van der Waals surface area contributed by atoms with Crippen molar-refractivity contribution in [3.8, 4) is 0 Å². The Morgan fingerprint density at radius 3 is 2.22 bits per heavy atom. The lowest BCUT2D eigenvalue weighted by Gasteiger charge is -2.19. The van der Waals surface area contributed by atoms with Crippen molar-refractivity contribution < 1.29 is 4.79 Å². The Balaban J connectivity index is 2.02. The minimum atomic E-state index is 0.0508. The molecular formula is C16H23NO. The van der Waals surface area contributed by atoms with Crippen LogP contribution in [0.5, 0.6) is 0 Å². The van der Waals surface area contributed by atoms with Crippen LogP contribution in [0.4, 0.5) is 0 Å². The van der Waals surface area contributed by atoms with Crippen LogP contribution in [0, 0.1) is 5.92 Å². The summed E-state index contributed by atoms with van der Waals surface area (Å²) >= 11 is 0. The molecule has 1 N–H and O–H groups in total. The number of hydrogen-bond donors (Lipinski definition) is 1. The van der Waals surface area contributed by atoms with Crippen molar-refractivity contribution in [2.45, 2.75) is 52.0 Å². The number of carbonyl (C=O) groups excluding carboxylic acids is 1. The summed E-state index contributed by atoms with van der Waals surface area (Å²) in [6, 6.07) is 8.26. The fraction of sp³-hybridized carbons (Fsp3) is 0.562. The summed E-state index contributed by atoms with van der Waals surface area (Å²) in [5.74, 6) is 0.748. The second-order valence-electron chi connectivity index (χ2n) is 6.43. The van der Waals surface area contributed by atoms with E-state index in [1.54, 1.807) is 0 Å². The molecule has 18 heavy (non-hydrogen) atoms. The number of benzene rings is 1. The summed E-state index contributed by atoms with van der Waals surface area (Å²) in [4.78, 5) is 12.0. The lowest BCUT2D eigenvalue weighted by Crippen LogP contribution is -2.34. The first-order valence-electron chi connectivity index (χ1n) is 6.79. The van der Waals surface area contributed by atoms with E-state index in [4.69, 9.17) is 0 Å². The highest BCUT2D eigenvalue weighted by Gasteiger charge is 2.29. The molecule has 1 atom stereocenters. The third kappa shape index (κ3) is 3.12. The fourth-order valence-corrected chi connectivity index (χ4v) is 2.13. The number of carbonyl (C=O) groups is 1. The Kier molecular flexibility index (Phi) is 3.47. The van der Waals surface area contributed by atoms with Gasteiger partial charge in [0.1, 0.15) is 0 Å². The van der Waals surface area contributed by atoms with Gasteiger partial charge in [0, 0.05) is 11.6 Å². The molecule has 98 valence electrons.